The van der Waals surface area contributed by atoms with E-state index in [0.717, 1.165) is 13.1 Å². The van der Waals surface area contributed by atoms with E-state index in [1.165, 1.54) is 11.0 Å². The number of rotatable bonds is 4. The molecule has 0 saturated carbocycles. The lowest BCUT2D eigenvalue weighted by molar-refractivity contribution is 0.141. The summed E-state index contributed by atoms with van der Waals surface area (Å²) in [5, 5.41) is 16.1. The van der Waals surface area contributed by atoms with Gasteiger partial charge in [0.15, 0.2) is 0 Å². The number of nitriles is 1. The number of pyridine rings is 1. The average molecular weight is 472 g/mol. The molecule has 2 unspecified atom stereocenters. The van der Waals surface area contributed by atoms with E-state index in [1.54, 1.807) is 49.1 Å². The first kappa shape index (κ1) is 26.3. The molecule has 2 aliphatic heterocycles. The highest BCUT2D eigenvalue weighted by atomic mass is 32.1. The Balaban J connectivity index is 0.000000291. The standard InChI is InChI=1S/C16H16FN3O2.C6H10N2.C2H4S/c1-18-9-13-10-20(16(21)22-13)12-4-5-14(15(17)7-12)11-3-2-6-19-8-11;1-5-3-8-4-6(5)2-7;1-2-3/h2-8,13,18H,9-10H2,1H3;5-6,8H,3-4H2,1H3;2H,1H3/t;5-,6?;/m.1./s1. The Morgan fingerprint density at radius 1 is 1.42 bits per heavy atom. The normalized spacial score (nSPS) is 21.1. The highest BCUT2D eigenvalue weighted by Gasteiger charge is 2.32. The van der Waals surface area contributed by atoms with Crippen molar-refractivity contribution < 1.29 is 13.9 Å². The number of benzene rings is 1. The van der Waals surface area contributed by atoms with Gasteiger partial charge < -0.3 is 15.4 Å². The summed E-state index contributed by atoms with van der Waals surface area (Å²) in [4.78, 5) is 17.3. The molecule has 7 nitrogen and oxygen atoms in total. The maximum atomic E-state index is 14.3. The minimum absolute atomic E-state index is 0.224. The Morgan fingerprint density at radius 2 is 2.18 bits per heavy atom. The van der Waals surface area contributed by atoms with Crippen molar-refractivity contribution in [1.82, 2.24) is 15.6 Å². The van der Waals surface area contributed by atoms with Crippen molar-refractivity contribution in [1.29, 1.82) is 5.26 Å². The van der Waals surface area contributed by atoms with Crippen molar-refractivity contribution in [2.75, 3.05) is 38.1 Å². The van der Waals surface area contributed by atoms with Crippen LogP contribution in [0.1, 0.15) is 13.8 Å². The van der Waals surface area contributed by atoms with Gasteiger partial charge in [-0.2, -0.15) is 5.26 Å². The number of ether oxygens (including phenoxy) is 1. The first-order chi connectivity index (χ1) is 15.9. The number of aromatic nitrogens is 1. The number of carbonyl (C=O) groups excluding carboxylic acids is 1. The summed E-state index contributed by atoms with van der Waals surface area (Å²) in [5.41, 5.74) is 1.65. The van der Waals surface area contributed by atoms with Crippen molar-refractivity contribution in [3.63, 3.8) is 0 Å². The third-order valence-corrected chi connectivity index (χ3v) is 5.23. The van der Waals surface area contributed by atoms with E-state index in [9.17, 15) is 9.18 Å². The lowest BCUT2D eigenvalue weighted by Crippen LogP contribution is -2.29. The number of amides is 1. The molecule has 0 bridgehead atoms. The summed E-state index contributed by atoms with van der Waals surface area (Å²) < 4.78 is 19.6. The summed E-state index contributed by atoms with van der Waals surface area (Å²) in [6.45, 7) is 6.79. The van der Waals surface area contributed by atoms with Gasteiger partial charge in [0.1, 0.15) is 11.9 Å². The monoisotopic (exact) mass is 471 g/mol. The molecule has 2 saturated heterocycles. The summed E-state index contributed by atoms with van der Waals surface area (Å²) in [7, 11) is 1.79. The summed E-state index contributed by atoms with van der Waals surface area (Å²) >= 11 is 4.27. The van der Waals surface area contributed by atoms with Crippen LogP contribution in [0.4, 0.5) is 14.9 Å². The summed E-state index contributed by atoms with van der Waals surface area (Å²) in [6, 6.07) is 10.5. The van der Waals surface area contributed by atoms with E-state index in [4.69, 9.17) is 10.00 Å². The molecular formula is C24H30FN5O2S. The summed E-state index contributed by atoms with van der Waals surface area (Å²) in [5.74, 6) is 0.422. The zero-order valence-electron chi connectivity index (χ0n) is 19.1. The fourth-order valence-electron chi connectivity index (χ4n) is 3.48. The lowest BCUT2D eigenvalue weighted by atomic mass is 10.0. The van der Waals surface area contributed by atoms with E-state index >= 15 is 0 Å². The first-order valence-corrected chi connectivity index (χ1v) is 11.2. The van der Waals surface area contributed by atoms with Crippen LogP contribution in [-0.4, -0.2) is 55.8 Å². The highest BCUT2D eigenvalue weighted by Crippen LogP contribution is 2.28. The number of hydrogen-bond acceptors (Lipinski definition) is 7. The molecule has 2 fully saturated rings. The molecule has 0 aliphatic carbocycles. The van der Waals surface area contributed by atoms with E-state index in [1.807, 2.05) is 6.92 Å². The number of likely N-dealkylation sites (N-methyl/N-ethyl adjacent to an activating group) is 1. The smallest absolute Gasteiger partial charge is 0.414 e. The van der Waals surface area contributed by atoms with Crippen molar-refractivity contribution in [2.24, 2.45) is 11.8 Å². The molecule has 9 heteroatoms. The molecule has 1 aromatic heterocycles. The molecule has 3 heterocycles. The number of thiocarbonyl (C=S) groups is 1. The summed E-state index contributed by atoms with van der Waals surface area (Å²) in [6.07, 6.45) is 2.57. The lowest BCUT2D eigenvalue weighted by Gasteiger charge is -2.14. The number of nitrogens with one attached hydrogen (secondary N) is 2. The molecule has 1 amide bonds. The van der Waals surface area contributed by atoms with Crippen LogP contribution in [0.5, 0.6) is 0 Å². The fraction of sp³-hybridized carbons (Fsp3) is 0.417. The predicted molar refractivity (Wildman–Crippen MR) is 132 cm³/mol. The molecule has 2 N–H and O–H groups in total. The number of nitrogens with zero attached hydrogens (tertiary/aromatic N) is 3. The minimum atomic E-state index is -0.450. The zero-order valence-corrected chi connectivity index (χ0v) is 19.9. The first-order valence-electron chi connectivity index (χ1n) is 10.8. The van der Waals surface area contributed by atoms with E-state index in [2.05, 4.69) is 40.8 Å². The third-order valence-electron chi connectivity index (χ3n) is 5.23. The Labute approximate surface area is 200 Å². The van der Waals surface area contributed by atoms with Crippen molar-refractivity contribution in [3.05, 3.63) is 48.5 Å². The molecule has 0 radical (unpaired) electrons. The molecule has 0 spiro atoms. The van der Waals surface area contributed by atoms with Crippen LogP contribution < -0.4 is 15.5 Å². The van der Waals surface area contributed by atoms with Crippen LogP contribution in [0.2, 0.25) is 0 Å². The molecule has 176 valence electrons. The topological polar surface area (TPSA) is 90.3 Å². The van der Waals surface area contributed by atoms with Crippen LogP contribution in [0.25, 0.3) is 11.1 Å². The average Bonchev–Trinajstić information content (AvgIpc) is 3.40. The van der Waals surface area contributed by atoms with Gasteiger partial charge in [0.05, 0.1) is 24.2 Å². The second-order valence-corrected chi connectivity index (χ2v) is 8.16. The number of hydrogen-bond donors (Lipinski definition) is 2. The quantitative estimate of drug-likeness (QED) is 0.656. The van der Waals surface area contributed by atoms with Gasteiger partial charge >= 0.3 is 6.09 Å². The van der Waals surface area contributed by atoms with Gasteiger partial charge in [-0.25, -0.2) is 9.18 Å². The molecule has 2 aliphatic rings. The maximum absolute atomic E-state index is 14.3. The third kappa shape index (κ3) is 7.56. The van der Waals surface area contributed by atoms with Gasteiger partial charge in [-0.05, 0) is 56.1 Å². The van der Waals surface area contributed by atoms with E-state index in [0.29, 0.717) is 35.8 Å². The van der Waals surface area contributed by atoms with Crippen molar-refractivity contribution in [2.45, 2.75) is 20.0 Å². The molecule has 4 rings (SSSR count). The van der Waals surface area contributed by atoms with Crippen LogP contribution in [-0.2, 0) is 4.74 Å². The fourth-order valence-corrected chi connectivity index (χ4v) is 3.48. The van der Waals surface area contributed by atoms with Crippen molar-refractivity contribution in [3.8, 4) is 17.2 Å². The van der Waals surface area contributed by atoms with Crippen LogP contribution in [0.3, 0.4) is 0 Å². The number of halogens is 1. The molecular weight excluding hydrogens is 441 g/mol. The Morgan fingerprint density at radius 3 is 2.70 bits per heavy atom. The van der Waals surface area contributed by atoms with Crippen LogP contribution in [0.15, 0.2) is 42.7 Å². The molecule has 3 atom stereocenters. The Bertz CT molecular complexity index is 954. The van der Waals surface area contributed by atoms with Gasteiger partial charge in [-0.15, -0.1) is 0 Å². The van der Waals surface area contributed by atoms with Crippen molar-refractivity contribution >= 4 is 29.4 Å². The van der Waals surface area contributed by atoms with E-state index < -0.39 is 11.9 Å². The predicted octanol–water partition coefficient (Wildman–Crippen LogP) is 3.80. The maximum Gasteiger partial charge on any atom is 0.414 e. The molecule has 1 aromatic carbocycles. The van der Waals surface area contributed by atoms with Gasteiger partial charge in [0.2, 0.25) is 0 Å². The second-order valence-electron chi connectivity index (χ2n) is 7.69. The molecule has 2 aromatic rings. The van der Waals surface area contributed by atoms with Gasteiger partial charge in [-0.1, -0.05) is 25.2 Å². The number of cyclic esters (lactones) is 1. The number of anilines is 1. The second kappa shape index (κ2) is 13.6. The van der Waals surface area contributed by atoms with E-state index in [-0.39, 0.29) is 12.0 Å². The Kier molecular flexibility index (Phi) is 10.8. The van der Waals surface area contributed by atoms with Crippen LogP contribution in [0, 0.1) is 29.0 Å². The van der Waals surface area contributed by atoms with Gasteiger partial charge in [0, 0.05) is 36.6 Å². The zero-order chi connectivity index (χ0) is 24.2. The van der Waals surface area contributed by atoms with Gasteiger partial charge in [0.25, 0.3) is 0 Å². The SMILES string of the molecule is CC=S.CNCC1CN(c2ccc(-c3cccnc3)c(F)c2)C(=O)O1.C[C@@H]1CNCC1C#N. The van der Waals surface area contributed by atoms with Crippen LogP contribution >= 0.6 is 12.2 Å². The number of carbonyl (C=O) groups is 1. The largest absolute Gasteiger partial charge is 0.443 e. The highest BCUT2D eigenvalue weighted by molar-refractivity contribution is 7.78. The molecule has 33 heavy (non-hydrogen) atoms. The van der Waals surface area contributed by atoms with Gasteiger partial charge in [-0.3, -0.25) is 9.88 Å². The Hall–Kier alpha value is -2.93. The minimum Gasteiger partial charge on any atom is -0.443 e.